The summed E-state index contributed by atoms with van der Waals surface area (Å²) in [6.07, 6.45) is 0. The first-order valence-corrected chi connectivity index (χ1v) is 3.06. The molecule has 0 radical (unpaired) electrons. The van der Waals surface area contributed by atoms with Gasteiger partial charge in [-0.1, -0.05) is 0 Å². The molecule has 0 amide bonds. The Bertz CT molecular complexity index is 143. The van der Waals surface area contributed by atoms with E-state index in [0.29, 0.717) is 0 Å². The van der Waals surface area contributed by atoms with Crippen LogP contribution in [-0.4, -0.2) is 26.3 Å². The Kier molecular flexibility index (Phi) is 7.00. The van der Waals surface area contributed by atoms with E-state index in [4.69, 9.17) is 0 Å². The second kappa shape index (κ2) is 5.20. The van der Waals surface area contributed by atoms with E-state index in [1.54, 1.807) is 0 Å². The van der Waals surface area contributed by atoms with Crippen LogP contribution in [0.15, 0.2) is 0 Å². The largest absolute Gasteiger partial charge is 1.00 e. The molecule has 7 heteroatoms. The van der Waals surface area contributed by atoms with Crippen LogP contribution in [0.5, 0.6) is 0 Å². The third-order valence-corrected chi connectivity index (χ3v) is 0.760. The average molecular weight is 150 g/mol. The van der Waals surface area contributed by atoms with Gasteiger partial charge in [0.25, 0.3) is 0 Å². The normalized spacial score (nSPS) is 10.4. The van der Waals surface area contributed by atoms with Crippen LogP contribution in [-0.2, 0) is 14.6 Å². The molecule has 0 N–H and O–H groups in total. The second-order valence-electron chi connectivity index (χ2n) is 0.919. The fourth-order valence-corrected chi connectivity index (χ4v) is 0.401. The molecule has 4 nitrogen and oxygen atoms in total. The van der Waals surface area contributed by atoms with Crippen molar-refractivity contribution in [3.05, 3.63) is 0 Å². The van der Waals surface area contributed by atoms with Gasteiger partial charge in [-0.3, -0.25) is 4.18 Å². The van der Waals surface area contributed by atoms with Crippen LogP contribution in [0.3, 0.4) is 0 Å². The molecule has 0 unspecified atom stereocenters. The zero-order valence-electron chi connectivity index (χ0n) is 4.83. The Hall–Kier alpha value is 0.397. The van der Waals surface area contributed by atoms with Gasteiger partial charge in [-0.2, -0.15) is 0 Å². The third-order valence-electron chi connectivity index (χ3n) is 0.305. The van der Waals surface area contributed by atoms with Gasteiger partial charge in [0.1, 0.15) is 6.67 Å². The summed E-state index contributed by atoms with van der Waals surface area (Å²) in [4.78, 5) is 0. The number of hydrogen-bond acceptors (Lipinski definition) is 4. The molecule has 0 saturated carbocycles. The summed E-state index contributed by atoms with van der Waals surface area (Å²) in [6, 6.07) is 0. The Morgan fingerprint density at radius 2 is 2.00 bits per heavy atom. The van der Waals surface area contributed by atoms with Crippen LogP contribution in [0.4, 0.5) is 4.39 Å². The zero-order chi connectivity index (χ0) is 6.62. The molecule has 0 aromatic heterocycles. The number of alkyl halides is 1. The topological polar surface area (TPSA) is 66.4 Å². The van der Waals surface area contributed by atoms with E-state index < -0.39 is 23.7 Å². The predicted octanol–water partition coefficient (Wildman–Crippen LogP) is -3.56. The van der Waals surface area contributed by atoms with Crippen molar-refractivity contribution in [1.82, 2.24) is 0 Å². The van der Waals surface area contributed by atoms with E-state index in [-0.39, 0.29) is 18.9 Å². The van der Waals surface area contributed by atoms with Gasteiger partial charge in [-0.05, 0) is 0 Å². The minimum atomic E-state index is -4.68. The van der Waals surface area contributed by atoms with Crippen LogP contribution in [0.1, 0.15) is 0 Å². The molecular weight excluding hydrogens is 146 g/mol. The van der Waals surface area contributed by atoms with E-state index in [2.05, 4.69) is 4.18 Å². The summed E-state index contributed by atoms with van der Waals surface area (Å²) in [6.45, 7) is -1.66. The molecule has 0 aliphatic heterocycles. The van der Waals surface area contributed by atoms with Gasteiger partial charge in [0.2, 0.25) is 10.4 Å². The smallest absolute Gasteiger partial charge is 0.726 e. The monoisotopic (exact) mass is 150 g/mol. The summed E-state index contributed by atoms with van der Waals surface area (Å²) in [5, 5.41) is 0. The first kappa shape index (κ1) is 12.1. The standard InChI is InChI=1S/C2H5FO4S.Li/c3-1-2-7-8(4,5)6;/h1-2H2,(H,4,5,6);/q;+1/p-1. The first-order valence-electron chi connectivity index (χ1n) is 1.72. The summed E-state index contributed by atoms with van der Waals surface area (Å²) in [5.41, 5.74) is 0. The van der Waals surface area contributed by atoms with E-state index >= 15 is 0 Å². The van der Waals surface area contributed by atoms with Crippen molar-refractivity contribution in [2.45, 2.75) is 0 Å². The van der Waals surface area contributed by atoms with Crippen LogP contribution in [0, 0.1) is 0 Å². The quantitative estimate of drug-likeness (QED) is 0.237. The Morgan fingerprint density at radius 3 is 2.11 bits per heavy atom. The third kappa shape index (κ3) is 11.8. The fraction of sp³-hybridized carbons (Fsp3) is 1.00. The summed E-state index contributed by atoms with van der Waals surface area (Å²) in [7, 11) is -4.68. The molecule has 0 aromatic carbocycles. The molecule has 0 heterocycles. The predicted molar refractivity (Wildman–Crippen MR) is 21.6 cm³/mol. The van der Waals surface area contributed by atoms with Crippen molar-refractivity contribution in [3.63, 3.8) is 0 Å². The van der Waals surface area contributed by atoms with Crippen molar-refractivity contribution in [1.29, 1.82) is 0 Å². The molecule has 0 bridgehead atoms. The zero-order valence-corrected chi connectivity index (χ0v) is 5.65. The van der Waals surface area contributed by atoms with Gasteiger partial charge < -0.3 is 4.55 Å². The number of rotatable bonds is 3. The Morgan fingerprint density at radius 1 is 1.56 bits per heavy atom. The number of halogens is 1. The minimum Gasteiger partial charge on any atom is -0.726 e. The van der Waals surface area contributed by atoms with Crippen molar-refractivity contribution in [3.8, 4) is 0 Å². The van der Waals surface area contributed by atoms with Gasteiger partial charge in [-0.25, -0.2) is 12.8 Å². The van der Waals surface area contributed by atoms with Gasteiger partial charge in [-0.15, -0.1) is 0 Å². The van der Waals surface area contributed by atoms with E-state index in [1.165, 1.54) is 0 Å². The number of hydrogen-bond donors (Lipinski definition) is 0. The van der Waals surface area contributed by atoms with Crippen LogP contribution < -0.4 is 18.9 Å². The Labute approximate surface area is 64.5 Å². The fourth-order valence-electron chi connectivity index (χ4n) is 0.134. The maximum absolute atomic E-state index is 11.0. The van der Waals surface area contributed by atoms with Crippen molar-refractivity contribution in [2.24, 2.45) is 0 Å². The molecule has 0 aliphatic rings. The van der Waals surface area contributed by atoms with Crippen molar-refractivity contribution in [2.75, 3.05) is 13.3 Å². The molecule has 50 valence electrons. The summed E-state index contributed by atoms with van der Waals surface area (Å²) in [5.74, 6) is 0. The molecular formula is C2H4FLiO4S. The minimum absolute atomic E-state index is 0. The van der Waals surface area contributed by atoms with Crippen LogP contribution in [0.2, 0.25) is 0 Å². The van der Waals surface area contributed by atoms with Gasteiger partial charge in [0.05, 0.1) is 6.61 Å². The molecule has 0 saturated heterocycles. The Balaban J connectivity index is 0. The molecule has 0 aromatic rings. The SMILES string of the molecule is O=S(=O)([O-])OCCF.[Li+]. The maximum atomic E-state index is 11.0. The van der Waals surface area contributed by atoms with E-state index in [9.17, 15) is 17.4 Å². The maximum Gasteiger partial charge on any atom is 1.00 e. The van der Waals surface area contributed by atoms with Gasteiger partial charge in [0, 0.05) is 0 Å². The van der Waals surface area contributed by atoms with E-state index in [0.717, 1.165) is 0 Å². The van der Waals surface area contributed by atoms with Gasteiger partial charge in [0.15, 0.2) is 0 Å². The van der Waals surface area contributed by atoms with Gasteiger partial charge >= 0.3 is 18.9 Å². The molecule has 9 heavy (non-hydrogen) atoms. The van der Waals surface area contributed by atoms with Crippen molar-refractivity contribution >= 4 is 10.4 Å². The first-order chi connectivity index (χ1) is 3.56. The summed E-state index contributed by atoms with van der Waals surface area (Å²) >= 11 is 0. The second-order valence-corrected chi connectivity index (χ2v) is 1.97. The molecule has 0 fully saturated rings. The molecule has 0 rings (SSSR count). The molecule has 0 atom stereocenters. The van der Waals surface area contributed by atoms with Crippen LogP contribution >= 0.6 is 0 Å². The molecule has 0 spiro atoms. The molecule has 0 aliphatic carbocycles. The van der Waals surface area contributed by atoms with E-state index in [1.807, 2.05) is 0 Å². The summed E-state index contributed by atoms with van der Waals surface area (Å²) < 4.78 is 42.8. The van der Waals surface area contributed by atoms with Crippen LogP contribution in [0.25, 0.3) is 0 Å². The average Bonchev–Trinajstić information content (AvgIpc) is 1.59. The van der Waals surface area contributed by atoms with Crippen molar-refractivity contribution < 1.29 is 40.4 Å².